The van der Waals surface area contributed by atoms with E-state index in [9.17, 15) is 10.1 Å². The van der Waals surface area contributed by atoms with E-state index in [1.807, 2.05) is 12.1 Å². The van der Waals surface area contributed by atoms with Crippen LogP contribution in [0.25, 0.3) is 21.8 Å². The maximum atomic E-state index is 10.9. The third kappa shape index (κ3) is 1.24. The summed E-state index contributed by atoms with van der Waals surface area (Å²) in [4.78, 5) is 10.5. The monoisotopic (exact) mass is 231 g/mol. The zero-order valence-corrected chi connectivity index (χ0v) is 8.77. The highest BCUT2D eigenvalue weighted by atomic mass is 32.1. The van der Waals surface area contributed by atoms with Gasteiger partial charge in [0, 0.05) is 6.07 Å². The second kappa shape index (κ2) is 3.21. The lowest BCUT2D eigenvalue weighted by atomic mass is 10.1. The summed E-state index contributed by atoms with van der Waals surface area (Å²) < 4.78 is 8.18. The molecule has 5 nitrogen and oxygen atoms in total. The van der Waals surface area contributed by atoms with E-state index in [1.165, 1.54) is 6.07 Å². The van der Waals surface area contributed by atoms with Gasteiger partial charge >= 0.3 is 0 Å². The lowest BCUT2D eigenvalue weighted by Crippen LogP contribution is -1.89. The van der Waals surface area contributed by atoms with Gasteiger partial charge in [0.25, 0.3) is 5.69 Å². The third-order valence-electron chi connectivity index (χ3n) is 2.43. The number of hydrogen-bond donors (Lipinski definition) is 0. The number of nitro groups is 1. The van der Waals surface area contributed by atoms with Crippen LogP contribution >= 0.6 is 11.7 Å². The van der Waals surface area contributed by atoms with Crippen LogP contribution in [0.15, 0.2) is 30.3 Å². The minimum Gasteiger partial charge on any atom is -0.258 e. The molecule has 0 amide bonds. The number of nitrogens with zero attached hydrogens (tertiary/aromatic N) is 3. The van der Waals surface area contributed by atoms with Gasteiger partial charge in [0.05, 0.1) is 22.0 Å². The molecule has 0 fully saturated rings. The van der Waals surface area contributed by atoms with Gasteiger partial charge in [0.2, 0.25) is 0 Å². The van der Waals surface area contributed by atoms with Crippen molar-refractivity contribution in [3.05, 3.63) is 40.4 Å². The van der Waals surface area contributed by atoms with Gasteiger partial charge < -0.3 is 0 Å². The molecule has 1 heterocycles. The van der Waals surface area contributed by atoms with Crippen LogP contribution in [0, 0.1) is 10.1 Å². The van der Waals surface area contributed by atoms with Gasteiger partial charge in [-0.3, -0.25) is 10.1 Å². The maximum absolute atomic E-state index is 10.9. The fraction of sp³-hybridized carbons (Fsp3) is 0. The number of fused-ring (bicyclic) bond motifs is 2. The molecule has 0 spiro atoms. The summed E-state index contributed by atoms with van der Waals surface area (Å²) in [5.74, 6) is 0. The van der Waals surface area contributed by atoms with Gasteiger partial charge in [-0.25, -0.2) is 0 Å². The van der Waals surface area contributed by atoms with Crippen LogP contribution in [0.5, 0.6) is 0 Å². The van der Waals surface area contributed by atoms with Gasteiger partial charge in [-0.15, -0.1) is 0 Å². The number of nitro benzene ring substituents is 1. The van der Waals surface area contributed by atoms with Crippen molar-refractivity contribution in [3.8, 4) is 0 Å². The molecule has 0 aliphatic rings. The molecule has 0 saturated heterocycles. The molecule has 0 bridgehead atoms. The third-order valence-corrected chi connectivity index (χ3v) is 2.98. The van der Waals surface area contributed by atoms with Crippen molar-refractivity contribution >= 4 is 39.2 Å². The van der Waals surface area contributed by atoms with Crippen LogP contribution in [0.3, 0.4) is 0 Å². The zero-order chi connectivity index (χ0) is 11.1. The van der Waals surface area contributed by atoms with E-state index in [0.717, 1.165) is 22.6 Å². The molecule has 0 radical (unpaired) electrons. The molecule has 1 aromatic heterocycles. The first kappa shape index (κ1) is 9.17. The fourth-order valence-electron chi connectivity index (χ4n) is 1.70. The summed E-state index contributed by atoms with van der Waals surface area (Å²) in [5.41, 5.74) is 1.58. The number of aromatic nitrogens is 2. The molecule has 0 aliphatic carbocycles. The average Bonchev–Trinajstić information content (AvgIpc) is 2.71. The van der Waals surface area contributed by atoms with Crippen molar-refractivity contribution in [1.82, 2.24) is 8.75 Å². The second-order valence-corrected chi connectivity index (χ2v) is 3.89. The highest BCUT2D eigenvalue weighted by Crippen LogP contribution is 2.28. The Labute approximate surface area is 93.8 Å². The van der Waals surface area contributed by atoms with Crippen molar-refractivity contribution in [2.45, 2.75) is 0 Å². The number of rotatable bonds is 1. The quantitative estimate of drug-likeness (QED) is 0.477. The van der Waals surface area contributed by atoms with E-state index in [1.54, 1.807) is 12.1 Å². The van der Waals surface area contributed by atoms with Crippen molar-refractivity contribution in [2.75, 3.05) is 0 Å². The van der Waals surface area contributed by atoms with E-state index in [4.69, 9.17) is 0 Å². The first-order chi connectivity index (χ1) is 7.75. The Morgan fingerprint density at radius 3 is 2.69 bits per heavy atom. The molecule has 78 valence electrons. The lowest BCUT2D eigenvalue weighted by molar-refractivity contribution is -0.383. The molecule has 0 aliphatic heterocycles. The summed E-state index contributed by atoms with van der Waals surface area (Å²) in [6.45, 7) is 0. The molecule has 3 aromatic rings. The van der Waals surface area contributed by atoms with Gasteiger partial charge in [-0.2, -0.15) is 8.75 Å². The molecule has 6 heteroatoms. The van der Waals surface area contributed by atoms with Gasteiger partial charge in [0.15, 0.2) is 0 Å². The van der Waals surface area contributed by atoms with E-state index >= 15 is 0 Å². The standard InChI is InChI=1S/C10H5N3O2S/c14-13(15)10-3-1-2-6-4-8-9(5-7(6)10)12-16-11-8/h1-5H. The Morgan fingerprint density at radius 2 is 1.94 bits per heavy atom. The fourth-order valence-corrected chi connectivity index (χ4v) is 2.21. The molecule has 0 saturated carbocycles. The van der Waals surface area contributed by atoms with Crippen LogP contribution < -0.4 is 0 Å². The average molecular weight is 231 g/mol. The first-order valence-electron chi connectivity index (χ1n) is 4.55. The Hall–Kier alpha value is -2.08. The van der Waals surface area contributed by atoms with Crippen LogP contribution in [-0.2, 0) is 0 Å². The number of benzene rings is 2. The molecule has 16 heavy (non-hydrogen) atoms. The first-order valence-corrected chi connectivity index (χ1v) is 5.28. The Morgan fingerprint density at radius 1 is 1.19 bits per heavy atom. The summed E-state index contributed by atoms with van der Waals surface area (Å²) in [5, 5.41) is 12.3. The molecule has 3 rings (SSSR count). The highest BCUT2D eigenvalue weighted by Gasteiger charge is 2.12. The van der Waals surface area contributed by atoms with E-state index in [2.05, 4.69) is 8.75 Å². The zero-order valence-electron chi connectivity index (χ0n) is 7.95. The highest BCUT2D eigenvalue weighted by molar-refractivity contribution is 7.00. The Balaban J connectivity index is 2.49. The number of hydrogen-bond acceptors (Lipinski definition) is 5. The predicted octanol–water partition coefficient (Wildman–Crippen LogP) is 2.75. The van der Waals surface area contributed by atoms with Crippen LogP contribution in [-0.4, -0.2) is 13.7 Å². The second-order valence-electron chi connectivity index (χ2n) is 3.36. The maximum Gasteiger partial charge on any atom is 0.277 e. The summed E-state index contributed by atoms with van der Waals surface area (Å²) in [7, 11) is 0. The largest absolute Gasteiger partial charge is 0.277 e. The van der Waals surface area contributed by atoms with Crippen LogP contribution in [0.2, 0.25) is 0 Å². The van der Waals surface area contributed by atoms with E-state index in [-0.39, 0.29) is 10.6 Å². The van der Waals surface area contributed by atoms with Crippen molar-refractivity contribution in [1.29, 1.82) is 0 Å². The Bertz CT molecular complexity index is 707. The van der Waals surface area contributed by atoms with Gasteiger partial charge in [-0.1, -0.05) is 12.1 Å². The number of non-ortho nitro benzene ring substituents is 1. The molecule has 0 atom stereocenters. The summed E-state index contributed by atoms with van der Waals surface area (Å²) >= 11 is 1.11. The normalized spacial score (nSPS) is 11.0. The Kier molecular flexibility index (Phi) is 1.84. The molecular formula is C10H5N3O2S. The van der Waals surface area contributed by atoms with Crippen LogP contribution in [0.4, 0.5) is 5.69 Å². The van der Waals surface area contributed by atoms with Gasteiger partial charge in [-0.05, 0) is 17.5 Å². The van der Waals surface area contributed by atoms with E-state index in [0.29, 0.717) is 10.9 Å². The summed E-state index contributed by atoms with van der Waals surface area (Å²) in [6.07, 6.45) is 0. The van der Waals surface area contributed by atoms with Crippen molar-refractivity contribution in [3.63, 3.8) is 0 Å². The molecular weight excluding hydrogens is 226 g/mol. The van der Waals surface area contributed by atoms with Crippen molar-refractivity contribution in [2.24, 2.45) is 0 Å². The lowest BCUT2D eigenvalue weighted by Gasteiger charge is -1.98. The predicted molar refractivity (Wildman–Crippen MR) is 61.6 cm³/mol. The minimum atomic E-state index is -0.381. The van der Waals surface area contributed by atoms with Gasteiger partial charge in [0.1, 0.15) is 11.0 Å². The smallest absolute Gasteiger partial charge is 0.258 e. The summed E-state index contributed by atoms with van der Waals surface area (Å²) in [6, 6.07) is 8.54. The van der Waals surface area contributed by atoms with Crippen molar-refractivity contribution < 1.29 is 4.92 Å². The molecule has 0 N–H and O–H groups in total. The van der Waals surface area contributed by atoms with E-state index < -0.39 is 0 Å². The topological polar surface area (TPSA) is 68.9 Å². The molecule has 0 unspecified atom stereocenters. The minimum absolute atomic E-state index is 0.104. The molecule has 2 aromatic carbocycles. The SMILES string of the molecule is O=[N+]([O-])c1cccc2cc3nsnc3cc12. The van der Waals surface area contributed by atoms with Crippen LogP contribution in [0.1, 0.15) is 0 Å².